The molecule has 6 nitrogen and oxygen atoms in total. The summed E-state index contributed by atoms with van der Waals surface area (Å²) in [5, 5.41) is 5.93. The Hall–Kier alpha value is -2.47. The van der Waals surface area contributed by atoms with E-state index in [9.17, 15) is 4.79 Å². The van der Waals surface area contributed by atoms with Crippen LogP contribution in [0, 0.1) is 5.92 Å². The van der Waals surface area contributed by atoms with Crippen molar-refractivity contribution in [2.24, 2.45) is 5.92 Å². The van der Waals surface area contributed by atoms with E-state index in [-0.39, 0.29) is 5.91 Å². The molecule has 1 fully saturated rings. The number of hydrogen-bond acceptors (Lipinski definition) is 5. The van der Waals surface area contributed by atoms with Gasteiger partial charge in [0.2, 0.25) is 5.91 Å². The van der Waals surface area contributed by atoms with Crippen LogP contribution in [0.3, 0.4) is 0 Å². The van der Waals surface area contributed by atoms with Gasteiger partial charge in [0, 0.05) is 38.5 Å². The predicted octanol–water partition coefficient (Wildman–Crippen LogP) is 3.32. The minimum atomic E-state index is -0.0814. The van der Waals surface area contributed by atoms with E-state index in [1.54, 1.807) is 6.20 Å². The van der Waals surface area contributed by atoms with Crippen molar-refractivity contribution in [3.8, 4) is 0 Å². The van der Waals surface area contributed by atoms with Gasteiger partial charge >= 0.3 is 0 Å². The Labute approximate surface area is 161 Å². The van der Waals surface area contributed by atoms with Crippen LogP contribution in [-0.2, 0) is 17.8 Å². The summed E-state index contributed by atoms with van der Waals surface area (Å²) in [6.45, 7) is 4.74. The monoisotopic (exact) mass is 367 g/mol. The number of nitrogens with one attached hydrogen (secondary N) is 2. The highest BCUT2D eigenvalue weighted by atomic mass is 16.1. The standard InChI is InChI=1S/C21H29N5O/c1-16(27)25-20-14-18(7-11-23-20)6-5-17-8-12-26(13-9-17)15-19-4-3-10-24-21(19)22-2/h3-4,7,10-11,14,17H,5-6,8-9,12-13,15H2,1-2H3,(H,22,24)(H,23,25,27). The van der Waals surface area contributed by atoms with E-state index in [1.807, 2.05) is 31.4 Å². The van der Waals surface area contributed by atoms with Crippen LogP contribution in [0.2, 0.25) is 0 Å². The second kappa shape index (κ2) is 9.46. The number of likely N-dealkylation sites (tertiary alicyclic amines) is 1. The molecule has 0 radical (unpaired) electrons. The lowest BCUT2D eigenvalue weighted by Crippen LogP contribution is -2.33. The number of carbonyl (C=O) groups is 1. The molecule has 0 aromatic carbocycles. The maximum absolute atomic E-state index is 11.2. The zero-order chi connectivity index (χ0) is 19.1. The SMILES string of the molecule is CNc1ncccc1CN1CCC(CCc2ccnc(NC(C)=O)c2)CC1. The van der Waals surface area contributed by atoms with Crippen molar-refractivity contribution >= 4 is 17.5 Å². The fourth-order valence-corrected chi connectivity index (χ4v) is 3.71. The summed E-state index contributed by atoms with van der Waals surface area (Å²) in [6.07, 6.45) is 8.30. The van der Waals surface area contributed by atoms with Crippen molar-refractivity contribution in [2.45, 2.75) is 39.2 Å². The van der Waals surface area contributed by atoms with E-state index in [4.69, 9.17) is 0 Å². The minimum Gasteiger partial charge on any atom is -0.373 e. The molecule has 2 aromatic heterocycles. The van der Waals surface area contributed by atoms with Gasteiger partial charge in [0.15, 0.2) is 0 Å². The highest BCUT2D eigenvalue weighted by Crippen LogP contribution is 2.25. The second-order valence-electron chi connectivity index (χ2n) is 7.25. The first-order valence-corrected chi connectivity index (χ1v) is 9.70. The van der Waals surface area contributed by atoms with Crippen LogP contribution in [-0.4, -0.2) is 40.9 Å². The summed E-state index contributed by atoms with van der Waals surface area (Å²) < 4.78 is 0. The first kappa shape index (κ1) is 19.3. The Morgan fingerprint density at radius 1 is 1.22 bits per heavy atom. The van der Waals surface area contributed by atoms with Crippen molar-refractivity contribution in [3.05, 3.63) is 47.8 Å². The van der Waals surface area contributed by atoms with Crippen molar-refractivity contribution in [2.75, 3.05) is 30.8 Å². The first-order chi connectivity index (χ1) is 13.1. The van der Waals surface area contributed by atoms with Gasteiger partial charge in [0.25, 0.3) is 0 Å². The topological polar surface area (TPSA) is 70.2 Å². The minimum absolute atomic E-state index is 0.0814. The van der Waals surface area contributed by atoms with E-state index < -0.39 is 0 Å². The van der Waals surface area contributed by atoms with Gasteiger partial charge in [0.05, 0.1) is 0 Å². The molecule has 1 saturated heterocycles. The second-order valence-corrected chi connectivity index (χ2v) is 7.25. The number of pyridine rings is 2. The largest absolute Gasteiger partial charge is 0.373 e. The number of nitrogens with zero attached hydrogens (tertiary/aromatic N) is 3. The molecule has 0 aliphatic carbocycles. The zero-order valence-electron chi connectivity index (χ0n) is 16.2. The summed E-state index contributed by atoms with van der Waals surface area (Å²) in [6, 6.07) is 8.19. The Kier molecular flexibility index (Phi) is 6.76. The molecule has 1 aliphatic rings. The predicted molar refractivity (Wildman–Crippen MR) is 109 cm³/mol. The van der Waals surface area contributed by atoms with E-state index >= 15 is 0 Å². The van der Waals surface area contributed by atoms with E-state index in [0.29, 0.717) is 5.82 Å². The quantitative estimate of drug-likeness (QED) is 0.786. The lowest BCUT2D eigenvalue weighted by Gasteiger charge is -2.32. The third-order valence-corrected chi connectivity index (χ3v) is 5.20. The van der Waals surface area contributed by atoms with Gasteiger partial charge in [-0.2, -0.15) is 0 Å². The molecule has 0 bridgehead atoms. The van der Waals surface area contributed by atoms with Gasteiger partial charge in [-0.3, -0.25) is 9.69 Å². The third kappa shape index (κ3) is 5.76. The first-order valence-electron chi connectivity index (χ1n) is 9.70. The van der Waals surface area contributed by atoms with Crippen LogP contribution in [0.15, 0.2) is 36.7 Å². The number of amides is 1. The molecule has 3 rings (SSSR count). The van der Waals surface area contributed by atoms with Gasteiger partial charge in [-0.15, -0.1) is 0 Å². The maximum atomic E-state index is 11.2. The van der Waals surface area contributed by atoms with Gasteiger partial charge in [-0.25, -0.2) is 9.97 Å². The molecule has 0 saturated carbocycles. The molecule has 1 amide bonds. The molecule has 0 spiro atoms. The third-order valence-electron chi connectivity index (χ3n) is 5.20. The number of aryl methyl sites for hydroxylation is 1. The molecule has 144 valence electrons. The average molecular weight is 367 g/mol. The average Bonchev–Trinajstić information content (AvgIpc) is 2.68. The lowest BCUT2D eigenvalue weighted by atomic mass is 9.90. The molecule has 0 unspecified atom stereocenters. The Morgan fingerprint density at radius 3 is 2.78 bits per heavy atom. The van der Waals surface area contributed by atoms with Gasteiger partial charge in [0.1, 0.15) is 11.6 Å². The van der Waals surface area contributed by atoms with E-state index in [1.165, 1.54) is 37.3 Å². The Bertz CT molecular complexity index is 756. The van der Waals surface area contributed by atoms with Crippen molar-refractivity contribution in [3.63, 3.8) is 0 Å². The van der Waals surface area contributed by atoms with Crippen LogP contribution in [0.25, 0.3) is 0 Å². The molecule has 6 heteroatoms. The van der Waals surface area contributed by atoms with Gasteiger partial charge in [-0.05, 0) is 68.5 Å². The van der Waals surface area contributed by atoms with Crippen LogP contribution < -0.4 is 10.6 Å². The summed E-state index contributed by atoms with van der Waals surface area (Å²) >= 11 is 0. The van der Waals surface area contributed by atoms with Crippen LogP contribution in [0.1, 0.15) is 37.3 Å². The van der Waals surface area contributed by atoms with Crippen molar-refractivity contribution < 1.29 is 4.79 Å². The maximum Gasteiger partial charge on any atom is 0.222 e. The van der Waals surface area contributed by atoms with Crippen LogP contribution in [0.5, 0.6) is 0 Å². The molecule has 1 aliphatic heterocycles. The smallest absolute Gasteiger partial charge is 0.222 e. The molecule has 27 heavy (non-hydrogen) atoms. The molecule has 0 atom stereocenters. The Morgan fingerprint density at radius 2 is 2.04 bits per heavy atom. The number of rotatable bonds is 7. The van der Waals surface area contributed by atoms with Gasteiger partial charge in [-0.1, -0.05) is 6.07 Å². The highest BCUT2D eigenvalue weighted by Gasteiger charge is 2.20. The number of anilines is 2. The number of aromatic nitrogens is 2. The molecule has 2 N–H and O–H groups in total. The molecule has 2 aromatic rings. The summed E-state index contributed by atoms with van der Waals surface area (Å²) in [5.41, 5.74) is 2.51. The van der Waals surface area contributed by atoms with E-state index in [2.05, 4.69) is 31.6 Å². The van der Waals surface area contributed by atoms with E-state index in [0.717, 1.165) is 37.8 Å². The number of carbonyl (C=O) groups excluding carboxylic acids is 1. The van der Waals surface area contributed by atoms with Crippen molar-refractivity contribution in [1.82, 2.24) is 14.9 Å². The zero-order valence-corrected chi connectivity index (χ0v) is 16.2. The molecular formula is C21H29N5O. The Balaban J connectivity index is 1.45. The van der Waals surface area contributed by atoms with Crippen molar-refractivity contribution in [1.29, 1.82) is 0 Å². The van der Waals surface area contributed by atoms with Gasteiger partial charge < -0.3 is 10.6 Å². The molecule has 3 heterocycles. The molecular weight excluding hydrogens is 338 g/mol. The number of piperidine rings is 1. The fraction of sp³-hybridized carbons (Fsp3) is 0.476. The summed E-state index contributed by atoms with van der Waals surface area (Å²) in [4.78, 5) is 22.3. The lowest BCUT2D eigenvalue weighted by molar-refractivity contribution is -0.114. The summed E-state index contributed by atoms with van der Waals surface area (Å²) in [5.74, 6) is 2.30. The summed E-state index contributed by atoms with van der Waals surface area (Å²) in [7, 11) is 1.93. The normalized spacial score (nSPS) is 15.5. The van der Waals surface area contributed by atoms with Crippen LogP contribution in [0.4, 0.5) is 11.6 Å². The highest BCUT2D eigenvalue weighted by molar-refractivity contribution is 5.87. The van der Waals surface area contributed by atoms with Crippen LogP contribution >= 0.6 is 0 Å². The fourth-order valence-electron chi connectivity index (χ4n) is 3.71. The number of hydrogen-bond donors (Lipinski definition) is 2.